The van der Waals surface area contributed by atoms with Gasteiger partial charge in [0.15, 0.2) is 5.78 Å². The molecule has 1 saturated heterocycles. The summed E-state index contributed by atoms with van der Waals surface area (Å²) in [5.41, 5.74) is 5.79. The van der Waals surface area contributed by atoms with Crippen LogP contribution in [-0.2, 0) is 17.6 Å². The van der Waals surface area contributed by atoms with Crippen molar-refractivity contribution in [1.82, 2.24) is 4.90 Å². The number of ketones is 1. The molecule has 1 aliphatic heterocycles. The molecule has 1 aromatic heterocycles. The predicted molar refractivity (Wildman–Crippen MR) is 193 cm³/mol. The number of amides is 1. The van der Waals surface area contributed by atoms with E-state index in [1.165, 1.54) is 10.5 Å². The first-order chi connectivity index (χ1) is 23.2. The highest BCUT2D eigenvalue weighted by molar-refractivity contribution is 7.09. The van der Waals surface area contributed by atoms with Crippen molar-refractivity contribution in [3.8, 4) is 11.1 Å². The van der Waals surface area contributed by atoms with E-state index < -0.39 is 11.7 Å². The number of rotatable bonds is 6. The quantitative estimate of drug-likeness (QED) is 0.165. The standard InChI is InChI=1S/C42H45NO4S/c1-29-8-6-22-41(2)38(20-23-42(41)28-43(40(46)47-42)24-21-35-11-7-25-48-35)36-19-13-30(26-34(44)18-12-29)27-37(36)39(45)33-16-14-32(15-17-33)31-9-4-3-5-10-31/h3-5,7-11,13-17,19,25,27,34,38,44H,6,12,18,20-24,26,28H2,1-2H3/t34-,38+,41+,42-/m1/s1. The normalized spacial score (nSPS) is 25.9. The number of allylic oxidation sites excluding steroid dienone is 2. The lowest BCUT2D eigenvalue weighted by Gasteiger charge is -2.43. The van der Waals surface area contributed by atoms with Gasteiger partial charge in [0.2, 0.25) is 0 Å². The second-order valence-corrected chi connectivity index (χ2v) is 15.3. The fourth-order valence-electron chi connectivity index (χ4n) is 8.45. The summed E-state index contributed by atoms with van der Waals surface area (Å²) >= 11 is 1.72. The Hall–Kier alpha value is -4.00. The van der Waals surface area contributed by atoms with Crippen LogP contribution in [0.2, 0.25) is 0 Å². The van der Waals surface area contributed by atoms with Crippen molar-refractivity contribution in [1.29, 1.82) is 0 Å². The van der Waals surface area contributed by atoms with Crippen LogP contribution in [0.3, 0.4) is 0 Å². The van der Waals surface area contributed by atoms with Gasteiger partial charge in [0.1, 0.15) is 5.60 Å². The highest BCUT2D eigenvalue weighted by Gasteiger charge is 2.63. The SMILES string of the molecule is CC1=CCC[C@@]2(C)[C@@H](CC[C@@]23CN(CCc2cccs2)C(=O)O3)c2ccc(cc2C(=O)c2ccc(-c3ccccc3)cc2)C[C@H](O)CC1. The number of carbonyl (C=O) groups excluding carboxylic acids is 2. The number of hydrogen-bond donors (Lipinski definition) is 1. The summed E-state index contributed by atoms with van der Waals surface area (Å²) in [6.45, 7) is 5.66. The van der Waals surface area contributed by atoms with Crippen molar-refractivity contribution in [3.63, 3.8) is 0 Å². The monoisotopic (exact) mass is 659 g/mol. The molecule has 0 radical (unpaired) electrons. The van der Waals surface area contributed by atoms with E-state index in [9.17, 15) is 14.7 Å². The minimum absolute atomic E-state index is 0.00641. The zero-order valence-corrected chi connectivity index (χ0v) is 28.8. The molecule has 48 heavy (non-hydrogen) atoms. The Morgan fingerprint density at radius 1 is 0.979 bits per heavy atom. The molecule has 5 nitrogen and oxygen atoms in total. The Bertz CT molecular complexity index is 1800. The first-order valence-corrected chi connectivity index (χ1v) is 18.3. The van der Waals surface area contributed by atoms with Gasteiger partial charge in [-0.05, 0) is 104 Å². The summed E-state index contributed by atoms with van der Waals surface area (Å²) in [5.74, 6) is 0.0220. The van der Waals surface area contributed by atoms with Gasteiger partial charge in [0.05, 0.1) is 12.6 Å². The minimum atomic E-state index is -0.629. The molecule has 1 N–H and O–H groups in total. The molecular formula is C42H45NO4S. The van der Waals surface area contributed by atoms with Crippen LogP contribution in [0.5, 0.6) is 0 Å². The van der Waals surface area contributed by atoms with Crippen molar-refractivity contribution in [2.45, 2.75) is 82.8 Å². The third-order valence-corrected chi connectivity index (χ3v) is 12.3. The lowest BCUT2D eigenvalue weighted by molar-refractivity contribution is -0.0372. The molecule has 1 spiro atoms. The molecule has 2 bridgehead atoms. The molecule has 2 heterocycles. The molecule has 3 aliphatic carbocycles. The van der Waals surface area contributed by atoms with Crippen LogP contribution in [0.25, 0.3) is 11.1 Å². The number of aliphatic hydroxyl groups excluding tert-OH is 1. The fourth-order valence-corrected chi connectivity index (χ4v) is 9.15. The molecule has 1 saturated carbocycles. The Morgan fingerprint density at radius 3 is 2.54 bits per heavy atom. The van der Waals surface area contributed by atoms with Gasteiger partial charge in [-0.2, -0.15) is 0 Å². The molecule has 4 aliphatic rings. The lowest BCUT2D eigenvalue weighted by Crippen LogP contribution is -2.48. The third kappa shape index (κ3) is 6.28. The Balaban J connectivity index is 1.26. The van der Waals surface area contributed by atoms with Crippen molar-refractivity contribution < 1.29 is 19.4 Å². The molecule has 3 aromatic carbocycles. The fraction of sp³-hybridized carbons (Fsp3) is 0.381. The largest absolute Gasteiger partial charge is 0.440 e. The zero-order chi connectivity index (χ0) is 33.3. The number of hydrogen-bond acceptors (Lipinski definition) is 5. The molecular weight excluding hydrogens is 615 g/mol. The topological polar surface area (TPSA) is 66.8 Å². The molecule has 248 valence electrons. The highest BCUT2D eigenvalue weighted by atomic mass is 32.1. The van der Waals surface area contributed by atoms with E-state index in [1.807, 2.05) is 53.4 Å². The molecule has 0 unspecified atom stereocenters. The summed E-state index contributed by atoms with van der Waals surface area (Å²) < 4.78 is 6.51. The second kappa shape index (κ2) is 13.5. The minimum Gasteiger partial charge on any atom is -0.440 e. The van der Waals surface area contributed by atoms with Crippen molar-refractivity contribution in [2.75, 3.05) is 13.1 Å². The number of aliphatic hydroxyl groups is 1. The maximum absolute atomic E-state index is 14.5. The highest BCUT2D eigenvalue weighted by Crippen LogP contribution is 2.61. The summed E-state index contributed by atoms with van der Waals surface area (Å²) in [6.07, 6.45) is 7.72. The zero-order valence-electron chi connectivity index (χ0n) is 28.0. The van der Waals surface area contributed by atoms with Gasteiger partial charge < -0.3 is 14.7 Å². The van der Waals surface area contributed by atoms with Gasteiger partial charge >= 0.3 is 6.09 Å². The van der Waals surface area contributed by atoms with Gasteiger partial charge in [0, 0.05) is 28.0 Å². The average molecular weight is 660 g/mol. The summed E-state index contributed by atoms with van der Waals surface area (Å²) in [4.78, 5) is 31.2. The van der Waals surface area contributed by atoms with E-state index in [4.69, 9.17) is 4.74 Å². The number of ether oxygens (including phenoxy) is 1. The molecule has 1 amide bonds. The third-order valence-electron chi connectivity index (χ3n) is 11.3. The first kappa shape index (κ1) is 32.5. The molecule has 8 rings (SSSR count). The van der Waals surface area contributed by atoms with Crippen LogP contribution in [0.1, 0.15) is 90.2 Å². The summed E-state index contributed by atoms with van der Waals surface area (Å²) in [5, 5.41) is 13.0. The number of benzene rings is 3. The number of carbonyl (C=O) groups is 2. The van der Waals surface area contributed by atoms with Gasteiger partial charge in [-0.25, -0.2) is 4.79 Å². The summed E-state index contributed by atoms with van der Waals surface area (Å²) in [7, 11) is 0. The van der Waals surface area contributed by atoms with E-state index >= 15 is 0 Å². The molecule has 6 heteroatoms. The maximum Gasteiger partial charge on any atom is 0.410 e. The number of thiophene rings is 1. The predicted octanol–water partition coefficient (Wildman–Crippen LogP) is 9.39. The van der Waals surface area contributed by atoms with E-state index in [2.05, 4.69) is 61.7 Å². The Kier molecular flexibility index (Phi) is 9.14. The second-order valence-electron chi connectivity index (χ2n) is 14.3. The maximum atomic E-state index is 14.5. The first-order valence-electron chi connectivity index (χ1n) is 17.4. The Morgan fingerprint density at radius 2 is 1.77 bits per heavy atom. The van der Waals surface area contributed by atoms with E-state index in [0.717, 1.165) is 60.8 Å². The smallest absolute Gasteiger partial charge is 0.410 e. The number of fused-ring (bicyclic) bond motifs is 8. The van der Waals surface area contributed by atoms with Gasteiger partial charge in [-0.15, -0.1) is 11.3 Å². The van der Waals surface area contributed by atoms with Crippen LogP contribution in [-0.4, -0.2) is 46.7 Å². The Labute approximate surface area is 288 Å². The van der Waals surface area contributed by atoms with Crippen molar-refractivity contribution >= 4 is 23.2 Å². The molecule has 4 atom stereocenters. The summed E-state index contributed by atoms with van der Waals surface area (Å²) in [6, 6.07) is 28.5. The average Bonchev–Trinajstić information content (AvgIpc) is 3.81. The van der Waals surface area contributed by atoms with E-state index in [-0.39, 0.29) is 23.2 Å². The van der Waals surface area contributed by atoms with E-state index in [0.29, 0.717) is 37.1 Å². The molecule has 4 aromatic rings. The number of nitrogens with zero attached hydrogens (tertiary/aromatic N) is 1. The molecule has 2 fully saturated rings. The van der Waals surface area contributed by atoms with Crippen molar-refractivity contribution in [2.24, 2.45) is 5.41 Å². The van der Waals surface area contributed by atoms with Crippen LogP contribution in [0.15, 0.2) is 102 Å². The lowest BCUT2D eigenvalue weighted by atomic mass is 9.64. The van der Waals surface area contributed by atoms with E-state index in [1.54, 1.807) is 11.3 Å². The van der Waals surface area contributed by atoms with Crippen LogP contribution in [0.4, 0.5) is 4.79 Å². The van der Waals surface area contributed by atoms with Crippen LogP contribution in [0, 0.1) is 5.41 Å². The van der Waals surface area contributed by atoms with Crippen LogP contribution >= 0.6 is 11.3 Å². The van der Waals surface area contributed by atoms with Crippen molar-refractivity contribution in [3.05, 3.63) is 129 Å². The van der Waals surface area contributed by atoms with Gasteiger partial charge in [-0.1, -0.05) is 91.4 Å². The van der Waals surface area contributed by atoms with Crippen LogP contribution < -0.4 is 0 Å². The van der Waals surface area contributed by atoms with Gasteiger partial charge in [-0.3, -0.25) is 4.79 Å². The van der Waals surface area contributed by atoms with Gasteiger partial charge in [0.25, 0.3) is 0 Å².